The molecule has 0 saturated carbocycles. The fourth-order valence-corrected chi connectivity index (χ4v) is 2.61. The van der Waals surface area contributed by atoms with Crippen molar-refractivity contribution in [2.75, 3.05) is 30.9 Å². The second-order valence-electron chi connectivity index (χ2n) is 6.66. The fraction of sp³-hybridized carbons (Fsp3) is 0.333. The van der Waals surface area contributed by atoms with Crippen molar-refractivity contribution in [2.24, 2.45) is 0 Å². The smallest absolute Gasteiger partial charge is 0.319 e. The average molecular weight is 368 g/mol. The number of rotatable bonds is 7. The molecule has 1 atom stereocenters. The highest BCUT2D eigenvalue weighted by Gasteiger charge is 2.13. The molecule has 0 fully saturated rings. The Labute approximate surface area is 161 Å². The van der Waals surface area contributed by atoms with Crippen molar-refractivity contribution in [3.05, 3.63) is 60.2 Å². The fourth-order valence-electron chi connectivity index (χ4n) is 2.61. The SMILES string of the molecule is CC(=O)N(C)Cc1ccccc1NC(=O)NC[C@@H](C)N(C)c1ccccc1. The van der Waals surface area contributed by atoms with Crippen molar-refractivity contribution >= 4 is 23.3 Å². The number of amides is 3. The monoisotopic (exact) mass is 368 g/mol. The third kappa shape index (κ3) is 6.02. The van der Waals surface area contributed by atoms with Crippen LogP contribution >= 0.6 is 0 Å². The molecule has 0 unspecified atom stereocenters. The lowest BCUT2D eigenvalue weighted by atomic mass is 10.1. The van der Waals surface area contributed by atoms with E-state index in [2.05, 4.69) is 22.5 Å². The van der Waals surface area contributed by atoms with Crippen LogP contribution in [0.1, 0.15) is 19.4 Å². The van der Waals surface area contributed by atoms with Gasteiger partial charge in [-0.2, -0.15) is 0 Å². The Balaban J connectivity index is 1.91. The van der Waals surface area contributed by atoms with Crippen LogP contribution in [0.25, 0.3) is 0 Å². The van der Waals surface area contributed by atoms with E-state index in [1.54, 1.807) is 11.9 Å². The van der Waals surface area contributed by atoms with Crippen LogP contribution in [-0.2, 0) is 11.3 Å². The van der Waals surface area contributed by atoms with Crippen LogP contribution in [0, 0.1) is 0 Å². The Morgan fingerprint density at radius 2 is 1.63 bits per heavy atom. The molecular formula is C21H28N4O2. The standard InChI is InChI=1S/C21H28N4O2/c1-16(25(4)19-11-6-5-7-12-19)14-22-21(27)23-20-13-9-8-10-18(20)15-24(3)17(2)26/h5-13,16H,14-15H2,1-4H3,(H2,22,23,27)/t16-/m1/s1. The van der Waals surface area contributed by atoms with Crippen molar-refractivity contribution in [1.82, 2.24) is 10.2 Å². The normalized spacial score (nSPS) is 11.4. The van der Waals surface area contributed by atoms with Crippen LogP contribution in [-0.4, -0.2) is 43.5 Å². The minimum atomic E-state index is -0.263. The summed E-state index contributed by atoms with van der Waals surface area (Å²) in [5.74, 6) is -0.0213. The molecule has 2 aromatic rings. The quantitative estimate of drug-likeness (QED) is 0.788. The number of urea groups is 1. The van der Waals surface area contributed by atoms with E-state index in [-0.39, 0.29) is 18.0 Å². The van der Waals surface area contributed by atoms with E-state index in [0.29, 0.717) is 18.8 Å². The summed E-state index contributed by atoms with van der Waals surface area (Å²) in [5.41, 5.74) is 2.69. The topological polar surface area (TPSA) is 64.7 Å². The van der Waals surface area contributed by atoms with Crippen LogP contribution in [0.5, 0.6) is 0 Å². The molecule has 0 aliphatic heterocycles. The van der Waals surface area contributed by atoms with Gasteiger partial charge in [-0.05, 0) is 30.7 Å². The molecule has 0 aliphatic carbocycles. The number of para-hydroxylation sites is 2. The maximum Gasteiger partial charge on any atom is 0.319 e. The number of hydrogen-bond donors (Lipinski definition) is 2. The molecule has 0 heterocycles. The molecule has 0 aliphatic rings. The van der Waals surface area contributed by atoms with Crippen LogP contribution in [0.15, 0.2) is 54.6 Å². The minimum Gasteiger partial charge on any atom is -0.370 e. The minimum absolute atomic E-state index is 0.0213. The molecule has 2 N–H and O–H groups in total. The molecule has 0 aromatic heterocycles. The lowest BCUT2D eigenvalue weighted by Gasteiger charge is -2.27. The maximum atomic E-state index is 12.3. The van der Waals surface area contributed by atoms with Gasteiger partial charge < -0.3 is 20.4 Å². The van der Waals surface area contributed by atoms with Gasteiger partial charge in [0.2, 0.25) is 5.91 Å². The summed E-state index contributed by atoms with van der Waals surface area (Å²) >= 11 is 0. The zero-order chi connectivity index (χ0) is 19.8. The lowest BCUT2D eigenvalue weighted by molar-refractivity contribution is -0.128. The molecule has 0 saturated heterocycles. The van der Waals surface area contributed by atoms with Crippen molar-refractivity contribution in [3.63, 3.8) is 0 Å². The number of carbonyl (C=O) groups excluding carboxylic acids is 2. The van der Waals surface area contributed by atoms with Crippen molar-refractivity contribution in [2.45, 2.75) is 26.4 Å². The number of anilines is 2. The zero-order valence-electron chi connectivity index (χ0n) is 16.4. The summed E-state index contributed by atoms with van der Waals surface area (Å²) in [6.07, 6.45) is 0. The molecule has 2 aromatic carbocycles. The van der Waals surface area contributed by atoms with Crippen LogP contribution in [0.2, 0.25) is 0 Å². The summed E-state index contributed by atoms with van der Waals surface area (Å²) in [5, 5.41) is 5.79. The zero-order valence-corrected chi connectivity index (χ0v) is 16.4. The first kappa shape index (κ1) is 20.3. The van der Waals surface area contributed by atoms with Gasteiger partial charge in [-0.15, -0.1) is 0 Å². The van der Waals surface area contributed by atoms with E-state index < -0.39 is 0 Å². The molecule has 0 spiro atoms. The van der Waals surface area contributed by atoms with E-state index >= 15 is 0 Å². The first-order chi connectivity index (χ1) is 12.9. The molecular weight excluding hydrogens is 340 g/mol. The van der Waals surface area contributed by atoms with Crippen LogP contribution < -0.4 is 15.5 Å². The third-order valence-electron chi connectivity index (χ3n) is 4.59. The highest BCUT2D eigenvalue weighted by molar-refractivity contribution is 5.90. The van der Waals surface area contributed by atoms with E-state index in [9.17, 15) is 9.59 Å². The summed E-state index contributed by atoms with van der Waals surface area (Å²) in [6.45, 7) is 4.53. The highest BCUT2D eigenvalue weighted by atomic mass is 16.2. The molecule has 0 bridgehead atoms. The summed E-state index contributed by atoms with van der Waals surface area (Å²) in [6, 6.07) is 17.4. The number of carbonyl (C=O) groups is 2. The lowest BCUT2D eigenvalue weighted by Crippen LogP contribution is -2.41. The molecule has 6 heteroatoms. The van der Waals surface area contributed by atoms with Crippen LogP contribution in [0.3, 0.4) is 0 Å². The Kier molecular flexibility index (Phi) is 7.23. The van der Waals surface area contributed by atoms with Gasteiger partial charge in [0.05, 0.1) is 0 Å². The number of nitrogens with one attached hydrogen (secondary N) is 2. The van der Waals surface area contributed by atoms with Crippen molar-refractivity contribution in [1.29, 1.82) is 0 Å². The summed E-state index contributed by atoms with van der Waals surface area (Å²) in [4.78, 5) is 27.5. The van der Waals surface area contributed by atoms with E-state index in [0.717, 1.165) is 11.3 Å². The molecule has 6 nitrogen and oxygen atoms in total. The maximum absolute atomic E-state index is 12.3. The number of benzene rings is 2. The Bertz CT molecular complexity index is 764. The second kappa shape index (κ2) is 9.62. The third-order valence-corrected chi connectivity index (χ3v) is 4.59. The summed E-state index contributed by atoms with van der Waals surface area (Å²) in [7, 11) is 3.74. The second-order valence-corrected chi connectivity index (χ2v) is 6.66. The first-order valence-corrected chi connectivity index (χ1v) is 9.01. The Morgan fingerprint density at radius 3 is 2.30 bits per heavy atom. The van der Waals surface area contributed by atoms with E-state index in [4.69, 9.17) is 0 Å². The number of nitrogens with zero attached hydrogens (tertiary/aromatic N) is 2. The predicted molar refractivity (Wildman–Crippen MR) is 110 cm³/mol. The van der Waals surface area contributed by atoms with Gasteiger partial charge in [0.15, 0.2) is 0 Å². The largest absolute Gasteiger partial charge is 0.370 e. The highest BCUT2D eigenvalue weighted by Crippen LogP contribution is 2.17. The van der Waals surface area contributed by atoms with Gasteiger partial charge in [0.1, 0.15) is 0 Å². The molecule has 0 radical (unpaired) electrons. The number of likely N-dealkylation sites (N-methyl/N-ethyl adjacent to an activating group) is 1. The van der Waals surface area contributed by atoms with Gasteiger partial charge in [0, 0.05) is 51.5 Å². The number of hydrogen-bond acceptors (Lipinski definition) is 3. The molecule has 2 rings (SSSR count). The summed E-state index contributed by atoms with van der Waals surface area (Å²) < 4.78 is 0. The van der Waals surface area contributed by atoms with Gasteiger partial charge in [0.25, 0.3) is 0 Å². The van der Waals surface area contributed by atoms with E-state index in [1.807, 2.05) is 61.6 Å². The van der Waals surface area contributed by atoms with E-state index in [1.165, 1.54) is 6.92 Å². The van der Waals surface area contributed by atoms with Gasteiger partial charge in [-0.25, -0.2) is 4.79 Å². The molecule has 144 valence electrons. The van der Waals surface area contributed by atoms with Gasteiger partial charge >= 0.3 is 6.03 Å². The predicted octanol–water partition coefficient (Wildman–Crippen LogP) is 3.31. The van der Waals surface area contributed by atoms with Gasteiger partial charge in [-0.1, -0.05) is 36.4 Å². The van der Waals surface area contributed by atoms with Gasteiger partial charge in [-0.3, -0.25) is 4.79 Å². The molecule has 3 amide bonds. The first-order valence-electron chi connectivity index (χ1n) is 9.01. The Morgan fingerprint density at radius 1 is 1.00 bits per heavy atom. The average Bonchev–Trinajstić information content (AvgIpc) is 2.67. The Hall–Kier alpha value is -3.02. The van der Waals surface area contributed by atoms with Crippen molar-refractivity contribution in [3.8, 4) is 0 Å². The molecule has 27 heavy (non-hydrogen) atoms. The van der Waals surface area contributed by atoms with Crippen molar-refractivity contribution < 1.29 is 9.59 Å². The van der Waals surface area contributed by atoms with Crippen LogP contribution in [0.4, 0.5) is 16.2 Å².